The lowest BCUT2D eigenvalue weighted by Gasteiger charge is -2.33. The van der Waals surface area contributed by atoms with Crippen LogP contribution in [0.25, 0.3) is 0 Å². The van der Waals surface area contributed by atoms with Crippen LogP contribution in [0.4, 0.5) is 5.69 Å². The summed E-state index contributed by atoms with van der Waals surface area (Å²) in [6, 6.07) is 4.29. The minimum absolute atomic E-state index is 0.129. The standard InChI is InChI=1S/C15H24NSi/c1-14(2,3)12-10(16-7)8-9-11(17)13(12)15(4,5)6/h8-9,16H,1-7H3. The molecule has 0 amide bonds. The molecule has 17 heavy (non-hydrogen) atoms. The summed E-state index contributed by atoms with van der Waals surface area (Å²) < 4.78 is 0. The van der Waals surface area contributed by atoms with Crippen LogP contribution in [0.3, 0.4) is 0 Å². The highest BCUT2D eigenvalue weighted by Crippen LogP contribution is 2.37. The van der Waals surface area contributed by atoms with Crippen molar-refractivity contribution in [1.82, 2.24) is 0 Å². The summed E-state index contributed by atoms with van der Waals surface area (Å²) in [6.45, 7) is 13.6. The fourth-order valence-electron chi connectivity index (χ4n) is 2.37. The van der Waals surface area contributed by atoms with Crippen molar-refractivity contribution in [2.45, 2.75) is 52.4 Å². The third-order valence-corrected chi connectivity index (χ3v) is 3.39. The van der Waals surface area contributed by atoms with Gasteiger partial charge in [0.2, 0.25) is 0 Å². The molecule has 0 saturated carbocycles. The molecule has 0 aliphatic carbocycles. The van der Waals surface area contributed by atoms with Crippen LogP contribution in [0.15, 0.2) is 12.1 Å². The molecule has 1 rings (SSSR count). The van der Waals surface area contributed by atoms with Gasteiger partial charge in [-0.15, -0.1) is 0 Å². The van der Waals surface area contributed by atoms with Gasteiger partial charge in [-0.05, 0) is 28.0 Å². The monoisotopic (exact) mass is 246 g/mol. The number of benzene rings is 1. The normalized spacial score (nSPS) is 12.7. The average molecular weight is 246 g/mol. The number of hydrogen-bond acceptors (Lipinski definition) is 1. The van der Waals surface area contributed by atoms with E-state index in [4.69, 9.17) is 0 Å². The number of anilines is 1. The van der Waals surface area contributed by atoms with E-state index in [-0.39, 0.29) is 10.8 Å². The summed E-state index contributed by atoms with van der Waals surface area (Å²) in [4.78, 5) is 0. The molecule has 1 aromatic rings. The summed E-state index contributed by atoms with van der Waals surface area (Å²) in [7, 11) is 5.76. The van der Waals surface area contributed by atoms with Crippen molar-refractivity contribution < 1.29 is 0 Å². The largest absolute Gasteiger partial charge is 0.388 e. The zero-order valence-corrected chi connectivity index (χ0v) is 13.2. The van der Waals surface area contributed by atoms with E-state index >= 15 is 0 Å². The third-order valence-electron chi connectivity index (χ3n) is 2.97. The Hall–Kier alpha value is -0.763. The topological polar surface area (TPSA) is 12.0 Å². The van der Waals surface area contributed by atoms with E-state index in [9.17, 15) is 0 Å². The van der Waals surface area contributed by atoms with Crippen LogP contribution in [0.5, 0.6) is 0 Å². The summed E-state index contributed by atoms with van der Waals surface area (Å²) in [5.41, 5.74) is 4.29. The first-order valence-corrected chi connectivity index (χ1v) is 6.66. The molecule has 0 saturated heterocycles. The summed E-state index contributed by atoms with van der Waals surface area (Å²) in [5, 5.41) is 4.52. The Bertz CT molecular complexity index is 408. The summed E-state index contributed by atoms with van der Waals surface area (Å²) in [6.07, 6.45) is 0. The third kappa shape index (κ3) is 2.92. The highest BCUT2D eigenvalue weighted by molar-refractivity contribution is 6.33. The van der Waals surface area contributed by atoms with Crippen LogP contribution in [0.2, 0.25) is 0 Å². The van der Waals surface area contributed by atoms with E-state index < -0.39 is 0 Å². The van der Waals surface area contributed by atoms with Gasteiger partial charge >= 0.3 is 0 Å². The van der Waals surface area contributed by atoms with Gasteiger partial charge in [0.1, 0.15) is 0 Å². The zero-order chi connectivity index (χ0) is 13.4. The van der Waals surface area contributed by atoms with Crippen LogP contribution in [-0.2, 0) is 10.8 Å². The van der Waals surface area contributed by atoms with Crippen molar-refractivity contribution in [3.8, 4) is 0 Å². The lowest BCUT2D eigenvalue weighted by atomic mass is 9.74. The van der Waals surface area contributed by atoms with Crippen molar-refractivity contribution in [2.75, 3.05) is 12.4 Å². The molecule has 0 aliphatic heterocycles. The predicted octanol–water partition coefficient (Wildman–Crippen LogP) is 3.12. The first kappa shape index (κ1) is 14.3. The second kappa shape index (κ2) is 4.49. The van der Waals surface area contributed by atoms with Crippen LogP contribution in [0, 0.1) is 0 Å². The van der Waals surface area contributed by atoms with Crippen LogP contribution in [-0.4, -0.2) is 17.3 Å². The zero-order valence-electron chi connectivity index (χ0n) is 12.2. The van der Waals surface area contributed by atoms with Gasteiger partial charge in [-0.25, -0.2) is 0 Å². The van der Waals surface area contributed by atoms with Crippen LogP contribution >= 0.6 is 0 Å². The molecule has 0 atom stereocenters. The van der Waals surface area contributed by atoms with Crippen molar-refractivity contribution in [3.63, 3.8) is 0 Å². The molecule has 0 spiro atoms. The summed E-state index contributed by atoms with van der Waals surface area (Å²) in [5.74, 6) is 0. The molecule has 1 aromatic carbocycles. The lowest BCUT2D eigenvalue weighted by Crippen LogP contribution is -2.31. The molecule has 0 bridgehead atoms. The van der Waals surface area contributed by atoms with Crippen molar-refractivity contribution in [3.05, 3.63) is 23.3 Å². The molecule has 93 valence electrons. The molecule has 2 heteroatoms. The molecule has 0 aromatic heterocycles. The number of hydrogen-bond donors (Lipinski definition) is 1. The number of nitrogens with one attached hydrogen (secondary N) is 1. The Balaban J connectivity index is 3.67. The van der Waals surface area contributed by atoms with Gasteiger partial charge in [0.15, 0.2) is 0 Å². The molecular formula is C15H24NSi. The first-order chi connectivity index (χ1) is 7.59. The van der Waals surface area contributed by atoms with Crippen LogP contribution in [0.1, 0.15) is 52.7 Å². The molecule has 1 nitrogen and oxygen atoms in total. The van der Waals surface area contributed by atoms with E-state index in [1.165, 1.54) is 22.0 Å². The Morgan fingerprint density at radius 3 is 1.71 bits per heavy atom. The van der Waals surface area contributed by atoms with Crippen molar-refractivity contribution >= 4 is 21.1 Å². The van der Waals surface area contributed by atoms with Gasteiger partial charge < -0.3 is 5.32 Å². The fraction of sp³-hybridized carbons (Fsp3) is 0.600. The minimum atomic E-state index is 0.129. The van der Waals surface area contributed by atoms with Gasteiger partial charge in [-0.1, -0.05) is 52.8 Å². The highest BCUT2D eigenvalue weighted by atomic mass is 28.1. The Morgan fingerprint density at radius 1 is 0.882 bits per heavy atom. The summed E-state index contributed by atoms with van der Waals surface area (Å²) >= 11 is 0. The van der Waals surface area contributed by atoms with Gasteiger partial charge in [0, 0.05) is 12.7 Å². The highest BCUT2D eigenvalue weighted by Gasteiger charge is 2.28. The van der Waals surface area contributed by atoms with E-state index in [0.717, 1.165) is 0 Å². The van der Waals surface area contributed by atoms with E-state index in [1.807, 2.05) is 7.05 Å². The maximum atomic E-state index is 3.77. The van der Waals surface area contributed by atoms with Gasteiger partial charge in [0.05, 0.1) is 10.2 Å². The van der Waals surface area contributed by atoms with Crippen molar-refractivity contribution in [2.24, 2.45) is 0 Å². The minimum Gasteiger partial charge on any atom is -0.388 e. The Labute approximate surface area is 109 Å². The SMILES string of the molecule is CNc1ccc([Si])c(C(C)(C)C)c1C(C)(C)C. The molecule has 0 aliphatic rings. The molecule has 0 heterocycles. The molecule has 3 radical (unpaired) electrons. The Morgan fingerprint density at radius 2 is 1.35 bits per heavy atom. The smallest absolute Gasteiger partial charge is 0.0716 e. The van der Waals surface area contributed by atoms with E-state index in [0.29, 0.717) is 0 Å². The van der Waals surface area contributed by atoms with Gasteiger partial charge in [-0.3, -0.25) is 0 Å². The molecule has 1 N–H and O–H groups in total. The average Bonchev–Trinajstić information content (AvgIpc) is 2.13. The van der Waals surface area contributed by atoms with Gasteiger partial charge in [-0.2, -0.15) is 0 Å². The molecular weight excluding hydrogens is 222 g/mol. The van der Waals surface area contributed by atoms with E-state index in [1.54, 1.807) is 0 Å². The quantitative estimate of drug-likeness (QED) is 0.751. The second-order valence-corrected chi connectivity index (χ2v) is 7.20. The van der Waals surface area contributed by atoms with E-state index in [2.05, 4.69) is 69.2 Å². The Kier molecular flexibility index (Phi) is 3.77. The second-order valence-electron chi connectivity index (χ2n) is 6.66. The lowest BCUT2D eigenvalue weighted by molar-refractivity contribution is 0.534. The van der Waals surface area contributed by atoms with Crippen LogP contribution < -0.4 is 10.5 Å². The van der Waals surface area contributed by atoms with Crippen molar-refractivity contribution in [1.29, 1.82) is 0 Å². The molecule has 0 unspecified atom stereocenters. The fourth-order valence-corrected chi connectivity index (χ4v) is 2.95. The first-order valence-electron chi connectivity index (χ1n) is 6.16. The molecule has 0 fully saturated rings. The number of rotatable bonds is 1. The maximum absolute atomic E-state index is 3.77. The predicted molar refractivity (Wildman–Crippen MR) is 78.8 cm³/mol. The maximum Gasteiger partial charge on any atom is 0.0716 e. The van der Waals surface area contributed by atoms with Gasteiger partial charge in [0.25, 0.3) is 0 Å².